The first-order valence-electron chi connectivity index (χ1n) is 13.2. The van der Waals surface area contributed by atoms with Gasteiger partial charge in [-0.1, -0.05) is 80.4 Å². The summed E-state index contributed by atoms with van der Waals surface area (Å²) in [6, 6.07) is 18.4. The number of amides is 2. The maximum Gasteiger partial charge on any atom is 0.264 e. The van der Waals surface area contributed by atoms with Gasteiger partial charge in [-0.15, -0.1) is 0 Å². The number of methoxy groups -OCH3 is 1. The van der Waals surface area contributed by atoms with Gasteiger partial charge in [-0.05, 0) is 48.7 Å². The first-order valence-corrected chi connectivity index (χ1v) is 15.4. The molecule has 220 valence electrons. The highest BCUT2D eigenvalue weighted by atomic mass is 35.5. The Morgan fingerprint density at radius 1 is 0.927 bits per heavy atom. The summed E-state index contributed by atoms with van der Waals surface area (Å²) in [7, 11) is -2.80. The van der Waals surface area contributed by atoms with Crippen LogP contribution in [-0.4, -0.2) is 51.4 Å². The summed E-state index contributed by atoms with van der Waals surface area (Å²) >= 11 is 12.9. The third-order valence-corrected chi connectivity index (χ3v) is 8.91. The molecule has 0 saturated heterocycles. The van der Waals surface area contributed by atoms with E-state index in [0.29, 0.717) is 22.2 Å². The first-order chi connectivity index (χ1) is 19.5. The van der Waals surface area contributed by atoms with E-state index in [0.717, 1.165) is 4.31 Å². The van der Waals surface area contributed by atoms with E-state index in [4.69, 9.17) is 27.9 Å². The minimum absolute atomic E-state index is 0.00104. The van der Waals surface area contributed by atoms with Crippen LogP contribution in [0.25, 0.3) is 0 Å². The second-order valence-corrected chi connectivity index (χ2v) is 12.5. The summed E-state index contributed by atoms with van der Waals surface area (Å²) < 4.78 is 34.4. The summed E-state index contributed by atoms with van der Waals surface area (Å²) in [5.74, 6) is -0.511. The molecule has 0 fully saturated rings. The molecule has 3 rings (SSSR count). The number of nitrogens with zero attached hydrogens (tertiary/aromatic N) is 2. The van der Waals surface area contributed by atoms with Crippen molar-refractivity contribution in [3.63, 3.8) is 0 Å². The molecule has 11 heteroatoms. The van der Waals surface area contributed by atoms with Crippen LogP contribution >= 0.6 is 23.2 Å². The summed E-state index contributed by atoms with van der Waals surface area (Å²) in [5.41, 5.74) is 0.634. The number of rotatable bonds is 13. The van der Waals surface area contributed by atoms with E-state index < -0.39 is 28.5 Å². The first kappa shape index (κ1) is 32.2. The highest BCUT2D eigenvalue weighted by Gasteiger charge is 2.35. The van der Waals surface area contributed by atoms with Crippen LogP contribution in [0.15, 0.2) is 77.7 Å². The van der Waals surface area contributed by atoms with E-state index >= 15 is 0 Å². The van der Waals surface area contributed by atoms with E-state index in [1.165, 1.54) is 24.1 Å². The molecule has 3 aromatic rings. The number of hydrogen-bond acceptors (Lipinski definition) is 5. The average molecular weight is 621 g/mol. The Kier molecular flexibility index (Phi) is 11.5. The largest absolute Gasteiger partial charge is 0.495 e. The zero-order chi connectivity index (χ0) is 30.2. The van der Waals surface area contributed by atoms with Crippen LogP contribution < -0.4 is 14.4 Å². The predicted octanol–water partition coefficient (Wildman–Crippen LogP) is 5.78. The minimum Gasteiger partial charge on any atom is -0.495 e. The van der Waals surface area contributed by atoms with Gasteiger partial charge in [0, 0.05) is 28.7 Å². The molecule has 0 aliphatic rings. The van der Waals surface area contributed by atoms with Crippen molar-refractivity contribution >= 4 is 50.7 Å². The van der Waals surface area contributed by atoms with Crippen molar-refractivity contribution in [2.75, 3.05) is 24.5 Å². The van der Waals surface area contributed by atoms with Crippen LogP contribution in [0.4, 0.5) is 5.69 Å². The van der Waals surface area contributed by atoms with Crippen molar-refractivity contribution in [3.8, 4) is 5.75 Å². The van der Waals surface area contributed by atoms with E-state index in [2.05, 4.69) is 5.32 Å². The van der Waals surface area contributed by atoms with E-state index in [1.54, 1.807) is 67.6 Å². The lowest BCUT2D eigenvalue weighted by atomic mass is 10.1. The molecule has 2 amide bonds. The van der Waals surface area contributed by atoms with Crippen LogP contribution in [-0.2, 0) is 26.2 Å². The molecular weight excluding hydrogens is 585 g/mol. The summed E-state index contributed by atoms with van der Waals surface area (Å²) in [6.45, 7) is 5.43. The van der Waals surface area contributed by atoms with Crippen LogP contribution in [0.1, 0.15) is 32.8 Å². The Morgan fingerprint density at radius 3 is 2.12 bits per heavy atom. The highest BCUT2D eigenvalue weighted by Crippen LogP contribution is 2.33. The molecule has 0 aliphatic carbocycles. The zero-order valence-electron chi connectivity index (χ0n) is 23.5. The Morgan fingerprint density at radius 2 is 1.54 bits per heavy atom. The van der Waals surface area contributed by atoms with Gasteiger partial charge in [-0.3, -0.25) is 13.9 Å². The van der Waals surface area contributed by atoms with Crippen molar-refractivity contribution in [1.82, 2.24) is 10.2 Å². The van der Waals surface area contributed by atoms with E-state index in [9.17, 15) is 18.0 Å². The molecule has 0 unspecified atom stereocenters. The average Bonchev–Trinajstić information content (AvgIpc) is 2.96. The number of carbonyl (C=O) groups is 2. The number of carbonyl (C=O) groups excluding carboxylic acids is 2. The van der Waals surface area contributed by atoms with Gasteiger partial charge in [0.15, 0.2) is 0 Å². The normalized spacial score (nSPS) is 12.1. The molecule has 0 spiro atoms. The summed E-state index contributed by atoms with van der Waals surface area (Å²) in [4.78, 5) is 28.9. The van der Waals surface area contributed by atoms with Gasteiger partial charge in [0.05, 0.1) is 17.7 Å². The molecule has 0 bridgehead atoms. The second kappa shape index (κ2) is 14.6. The number of nitrogens with one attached hydrogen (secondary N) is 1. The molecule has 3 aromatic carbocycles. The zero-order valence-corrected chi connectivity index (χ0v) is 25.8. The van der Waals surface area contributed by atoms with Gasteiger partial charge in [0.1, 0.15) is 18.3 Å². The SMILES string of the molecule is CC[C@H](C(=O)NCC(C)C)N(Cc1c(Cl)cccc1Cl)C(=O)CN(c1ccccc1OC)S(=O)(=O)c1ccccc1. The maximum absolute atomic E-state index is 14.2. The summed E-state index contributed by atoms with van der Waals surface area (Å²) in [5, 5.41) is 3.54. The van der Waals surface area contributed by atoms with E-state index in [-0.39, 0.29) is 41.1 Å². The van der Waals surface area contributed by atoms with Crippen molar-refractivity contribution in [3.05, 3.63) is 88.4 Å². The second-order valence-electron chi connectivity index (χ2n) is 9.78. The monoisotopic (exact) mass is 619 g/mol. The number of hydrogen-bond donors (Lipinski definition) is 1. The molecule has 0 aromatic heterocycles. The fourth-order valence-corrected chi connectivity index (χ4v) is 6.23. The number of halogens is 2. The molecule has 0 saturated carbocycles. The van der Waals surface area contributed by atoms with Gasteiger partial charge in [-0.25, -0.2) is 8.42 Å². The van der Waals surface area contributed by atoms with Crippen LogP contribution in [0.2, 0.25) is 10.0 Å². The van der Waals surface area contributed by atoms with Crippen molar-refractivity contribution in [2.45, 2.75) is 44.7 Å². The van der Waals surface area contributed by atoms with Crippen molar-refractivity contribution < 1.29 is 22.7 Å². The van der Waals surface area contributed by atoms with Gasteiger partial charge < -0.3 is 15.0 Å². The molecule has 1 N–H and O–H groups in total. The fraction of sp³-hybridized carbons (Fsp3) is 0.333. The molecule has 0 heterocycles. The Bertz CT molecular complexity index is 1430. The van der Waals surface area contributed by atoms with Crippen molar-refractivity contribution in [1.29, 1.82) is 0 Å². The number of para-hydroxylation sites is 2. The number of sulfonamides is 1. The lowest BCUT2D eigenvalue weighted by Crippen LogP contribution is -2.52. The number of ether oxygens (including phenoxy) is 1. The Labute approximate surface area is 252 Å². The topological polar surface area (TPSA) is 96.0 Å². The predicted molar refractivity (Wildman–Crippen MR) is 163 cm³/mol. The maximum atomic E-state index is 14.2. The standard InChI is InChI=1S/C30H35Cl2N3O5S/c1-5-26(30(37)33-18-21(2)3)34(19-23-24(31)14-11-15-25(23)32)29(36)20-35(27-16-9-10-17-28(27)40-4)41(38,39)22-12-7-6-8-13-22/h6-17,21,26H,5,18-20H2,1-4H3,(H,33,37)/t26-/m1/s1. The third-order valence-electron chi connectivity index (χ3n) is 6.42. The van der Waals surface area contributed by atoms with Crippen LogP contribution in [0.3, 0.4) is 0 Å². The number of benzene rings is 3. The smallest absolute Gasteiger partial charge is 0.264 e. The fourth-order valence-electron chi connectivity index (χ4n) is 4.26. The highest BCUT2D eigenvalue weighted by molar-refractivity contribution is 7.92. The van der Waals surface area contributed by atoms with Gasteiger partial charge in [0.25, 0.3) is 10.0 Å². The third kappa shape index (κ3) is 7.93. The molecule has 1 atom stereocenters. The Hall–Kier alpha value is -3.27. The molecule has 8 nitrogen and oxygen atoms in total. The lowest BCUT2D eigenvalue weighted by molar-refractivity contribution is -0.140. The molecule has 0 aliphatic heterocycles. The minimum atomic E-state index is -4.23. The van der Waals surface area contributed by atoms with Crippen molar-refractivity contribution in [2.24, 2.45) is 5.92 Å². The quantitative estimate of drug-likeness (QED) is 0.262. The molecular formula is C30H35Cl2N3O5S. The Balaban J connectivity index is 2.11. The summed E-state index contributed by atoms with van der Waals surface area (Å²) in [6.07, 6.45) is 0.276. The van der Waals surface area contributed by atoms with Crippen LogP contribution in [0, 0.1) is 5.92 Å². The molecule has 0 radical (unpaired) electrons. The van der Waals surface area contributed by atoms with Gasteiger partial charge >= 0.3 is 0 Å². The van der Waals surface area contributed by atoms with E-state index in [1.807, 2.05) is 13.8 Å². The van der Waals surface area contributed by atoms with Gasteiger partial charge in [-0.2, -0.15) is 0 Å². The van der Waals surface area contributed by atoms with Crippen LogP contribution in [0.5, 0.6) is 5.75 Å². The molecule has 41 heavy (non-hydrogen) atoms. The van der Waals surface area contributed by atoms with Gasteiger partial charge in [0.2, 0.25) is 11.8 Å². The lowest BCUT2D eigenvalue weighted by Gasteiger charge is -2.34. The number of anilines is 1.